The zero-order valence-electron chi connectivity index (χ0n) is 10.8. The van der Waals surface area contributed by atoms with Crippen molar-refractivity contribution in [2.24, 2.45) is 0 Å². The summed E-state index contributed by atoms with van der Waals surface area (Å²) < 4.78 is 62.7. The zero-order valence-corrected chi connectivity index (χ0v) is 12.5. The second-order valence-corrected chi connectivity index (χ2v) is 7.09. The van der Waals surface area contributed by atoms with Crippen molar-refractivity contribution >= 4 is 21.4 Å². The number of hydrogen-bond donors (Lipinski definition) is 0. The first kappa shape index (κ1) is 15.9. The summed E-state index contributed by atoms with van der Waals surface area (Å²) >= 11 is 1.43. The van der Waals surface area contributed by atoms with E-state index in [0.29, 0.717) is 6.07 Å². The van der Waals surface area contributed by atoms with Crippen LogP contribution in [0.1, 0.15) is 11.3 Å². The molecule has 0 amide bonds. The van der Waals surface area contributed by atoms with Gasteiger partial charge in [-0.1, -0.05) is 0 Å². The first-order valence-corrected chi connectivity index (χ1v) is 8.10. The highest BCUT2D eigenvalue weighted by Crippen LogP contribution is 2.28. The van der Waals surface area contributed by atoms with Crippen LogP contribution in [0.5, 0.6) is 0 Å². The van der Waals surface area contributed by atoms with Crippen LogP contribution in [0, 0.1) is 0 Å². The Labute approximate surface area is 123 Å². The minimum Gasteiger partial charge on any atom is -0.250 e. The molecule has 0 spiro atoms. The molecule has 0 saturated heterocycles. The van der Waals surface area contributed by atoms with Crippen LogP contribution in [0.3, 0.4) is 0 Å². The zero-order chi connectivity index (χ0) is 15.7. The van der Waals surface area contributed by atoms with E-state index in [0.717, 1.165) is 22.1 Å². The van der Waals surface area contributed by atoms with Crippen LogP contribution in [0.15, 0.2) is 40.1 Å². The fourth-order valence-electron chi connectivity index (χ4n) is 1.61. The summed E-state index contributed by atoms with van der Waals surface area (Å²) in [5.74, 6) is 0. The Balaban J connectivity index is 2.23. The summed E-state index contributed by atoms with van der Waals surface area (Å²) in [6.07, 6.45) is -3.87. The van der Waals surface area contributed by atoms with E-state index < -0.39 is 21.9 Å². The predicted octanol–water partition coefficient (Wildman–Crippen LogP) is 2.98. The number of sulfonamides is 1. The normalized spacial score (nSPS) is 12.8. The molecule has 0 aliphatic heterocycles. The SMILES string of the molecule is CN(Cc1ccsc1)S(=O)(=O)c1ccc(C(F)(F)F)nc1. The average molecular weight is 336 g/mol. The van der Waals surface area contributed by atoms with Crippen LogP contribution < -0.4 is 0 Å². The molecular weight excluding hydrogens is 325 g/mol. The van der Waals surface area contributed by atoms with E-state index in [1.165, 1.54) is 18.4 Å². The van der Waals surface area contributed by atoms with Gasteiger partial charge in [-0.15, -0.1) is 0 Å². The number of alkyl halides is 3. The Morgan fingerprint density at radius 1 is 1.29 bits per heavy atom. The summed E-state index contributed by atoms with van der Waals surface area (Å²) in [6.45, 7) is 0.146. The Kier molecular flexibility index (Phi) is 4.35. The summed E-state index contributed by atoms with van der Waals surface area (Å²) in [7, 11) is -2.50. The minimum atomic E-state index is -4.59. The number of halogens is 3. The van der Waals surface area contributed by atoms with E-state index in [1.807, 2.05) is 5.38 Å². The van der Waals surface area contributed by atoms with E-state index in [1.54, 1.807) is 11.4 Å². The molecule has 0 fully saturated rings. The van der Waals surface area contributed by atoms with Gasteiger partial charge in [-0.25, -0.2) is 8.42 Å². The highest BCUT2D eigenvalue weighted by atomic mass is 32.2. The monoisotopic (exact) mass is 336 g/mol. The Bertz CT molecular complexity index is 695. The fourth-order valence-corrected chi connectivity index (χ4v) is 3.37. The molecule has 0 saturated carbocycles. The van der Waals surface area contributed by atoms with Crippen molar-refractivity contribution < 1.29 is 21.6 Å². The molecule has 0 bridgehead atoms. The van der Waals surface area contributed by atoms with Crippen LogP contribution in [-0.2, 0) is 22.7 Å². The number of thiophene rings is 1. The first-order valence-electron chi connectivity index (χ1n) is 5.72. The van der Waals surface area contributed by atoms with Gasteiger partial charge in [0.05, 0.1) is 0 Å². The summed E-state index contributed by atoms with van der Waals surface area (Å²) in [4.78, 5) is 2.90. The van der Waals surface area contributed by atoms with Gasteiger partial charge in [0.25, 0.3) is 0 Å². The maximum atomic E-state index is 12.4. The third kappa shape index (κ3) is 3.60. The van der Waals surface area contributed by atoms with Gasteiger partial charge in [-0.2, -0.15) is 28.8 Å². The topological polar surface area (TPSA) is 50.3 Å². The van der Waals surface area contributed by atoms with Crippen molar-refractivity contribution in [2.45, 2.75) is 17.6 Å². The molecule has 0 aliphatic carbocycles. The molecule has 21 heavy (non-hydrogen) atoms. The van der Waals surface area contributed by atoms with Crippen LogP contribution in [-0.4, -0.2) is 24.8 Å². The Hall–Kier alpha value is -1.45. The van der Waals surface area contributed by atoms with Gasteiger partial charge in [-0.05, 0) is 34.5 Å². The van der Waals surface area contributed by atoms with E-state index in [-0.39, 0.29) is 11.4 Å². The van der Waals surface area contributed by atoms with Crippen LogP contribution in [0.4, 0.5) is 13.2 Å². The molecule has 4 nitrogen and oxygen atoms in total. The lowest BCUT2D eigenvalue weighted by molar-refractivity contribution is -0.141. The largest absolute Gasteiger partial charge is 0.433 e. The molecule has 0 N–H and O–H groups in total. The lowest BCUT2D eigenvalue weighted by Crippen LogP contribution is -2.26. The van der Waals surface area contributed by atoms with Gasteiger partial charge in [0.2, 0.25) is 10.0 Å². The number of hydrogen-bond acceptors (Lipinski definition) is 4. The summed E-state index contributed by atoms with van der Waals surface area (Å²) in [5.41, 5.74) is -0.312. The van der Waals surface area contributed by atoms with Crippen molar-refractivity contribution in [3.05, 3.63) is 46.4 Å². The standard InChI is InChI=1S/C12H11F3N2O2S2/c1-17(7-9-4-5-20-8-9)21(18,19)10-2-3-11(16-6-10)12(13,14)15/h2-6,8H,7H2,1H3. The van der Waals surface area contributed by atoms with Gasteiger partial charge < -0.3 is 0 Å². The maximum absolute atomic E-state index is 12.4. The number of aromatic nitrogens is 1. The van der Waals surface area contributed by atoms with Crippen molar-refractivity contribution in [1.82, 2.24) is 9.29 Å². The van der Waals surface area contributed by atoms with E-state index >= 15 is 0 Å². The Morgan fingerprint density at radius 3 is 2.48 bits per heavy atom. The molecular formula is C12H11F3N2O2S2. The third-order valence-corrected chi connectivity index (χ3v) is 5.24. The molecule has 0 atom stereocenters. The molecule has 114 valence electrons. The van der Waals surface area contributed by atoms with Gasteiger partial charge in [0.15, 0.2) is 0 Å². The maximum Gasteiger partial charge on any atom is 0.433 e. The highest BCUT2D eigenvalue weighted by Gasteiger charge is 2.33. The van der Waals surface area contributed by atoms with Crippen LogP contribution >= 0.6 is 11.3 Å². The van der Waals surface area contributed by atoms with E-state index in [9.17, 15) is 21.6 Å². The van der Waals surface area contributed by atoms with Gasteiger partial charge in [0.1, 0.15) is 10.6 Å². The van der Waals surface area contributed by atoms with Crippen molar-refractivity contribution in [1.29, 1.82) is 0 Å². The first-order chi connectivity index (χ1) is 9.71. The molecule has 0 aliphatic rings. The molecule has 2 rings (SSSR count). The summed E-state index contributed by atoms with van der Waals surface area (Å²) in [6, 6.07) is 3.35. The molecule has 2 aromatic heterocycles. The highest BCUT2D eigenvalue weighted by molar-refractivity contribution is 7.89. The van der Waals surface area contributed by atoms with E-state index in [2.05, 4.69) is 4.98 Å². The summed E-state index contributed by atoms with van der Waals surface area (Å²) in [5, 5.41) is 3.62. The second-order valence-electron chi connectivity index (χ2n) is 4.27. The number of nitrogens with zero attached hydrogens (tertiary/aromatic N) is 2. The second kappa shape index (κ2) is 5.74. The van der Waals surface area contributed by atoms with Crippen molar-refractivity contribution in [3.8, 4) is 0 Å². The number of rotatable bonds is 4. The van der Waals surface area contributed by atoms with Crippen LogP contribution in [0.25, 0.3) is 0 Å². The van der Waals surface area contributed by atoms with Gasteiger partial charge >= 0.3 is 6.18 Å². The lowest BCUT2D eigenvalue weighted by Gasteiger charge is -2.16. The molecule has 2 heterocycles. The lowest BCUT2D eigenvalue weighted by atomic mass is 10.3. The quantitative estimate of drug-likeness (QED) is 0.862. The van der Waals surface area contributed by atoms with Crippen molar-refractivity contribution in [2.75, 3.05) is 7.05 Å². The fraction of sp³-hybridized carbons (Fsp3) is 0.250. The predicted molar refractivity (Wildman–Crippen MR) is 72.2 cm³/mol. The smallest absolute Gasteiger partial charge is 0.250 e. The molecule has 0 unspecified atom stereocenters. The molecule has 2 aromatic rings. The molecule has 0 aromatic carbocycles. The van der Waals surface area contributed by atoms with Crippen LogP contribution in [0.2, 0.25) is 0 Å². The Morgan fingerprint density at radius 2 is 2.00 bits per heavy atom. The number of pyridine rings is 1. The molecule has 9 heteroatoms. The third-order valence-electron chi connectivity index (χ3n) is 2.72. The molecule has 0 radical (unpaired) electrons. The van der Waals surface area contributed by atoms with Gasteiger partial charge in [0, 0.05) is 19.8 Å². The van der Waals surface area contributed by atoms with Crippen molar-refractivity contribution in [3.63, 3.8) is 0 Å². The minimum absolute atomic E-state index is 0.146. The van der Waals surface area contributed by atoms with Gasteiger partial charge in [-0.3, -0.25) is 4.98 Å². The average Bonchev–Trinajstić information content (AvgIpc) is 2.90. The van der Waals surface area contributed by atoms with E-state index in [4.69, 9.17) is 0 Å².